The summed E-state index contributed by atoms with van der Waals surface area (Å²) in [6.07, 6.45) is 4.68. The van der Waals surface area contributed by atoms with Crippen molar-refractivity contribution in [2.45, 2.75) is 46.1 Å². The number of nitrogens with one attached hydrogen (secondary N) is 1. The van der Waals surface area contributed by atoms with Crippen LogP contribution in [-0.2, 0) is 6.42 Å². The van der Waals surface area contributed by atoms with Gasteiger partial charge in [0.2, 0.25) is 0 Å². The first-order valence-corrected chi connectivity index (χ1v) is 12.4. The Labute approximate surface area is 194 Å². The van der Waals surface area contributed by atoms with E-state index in [0.29, 0.717) is 0 Å². The fraction of sp³-hybridized carbons (Fsp3) is 0.480. The third-order valence-electron chi connectivity index (χ3n) is 6.21. The average Bonchev–Trinajstić information content (AvgIpc) is 3.16. The first-order chi connectivity index (χ1) is 15.6. The lowest BCUT2D eigenvalue weighted by Crippen LogP contribution is -2.46. The van der Waals surface area contributed by atoms with Crippen molar-refractivity contribution in [2.75, 3.05) is 37.6 Å². The number of piperazine rings is 1. The molecule has 1 N–H and O–H groups in total. The molecular formula is C25H33N5OS. The van der Waals surface area contributed by atoms with Crippen LogP contribution < -0.4 is 10.2 Å². The molecule has 6 nitrogen and oxygen atoms in total. The van der Waals surface area contributed by atoms with Crippen LogP contribution in [0, 0.1) is 6.92 Å². The second-order valence-electron chi connectivity index (χ2n) is 8.66. The summed E-state index contributed by atoms with van der Waals surface area (Å²) in [6.45, 7) is 11.5. The van der Waals surface area contributed by atoms with E-state index >= 15 is 0 Å². The normalized spacial score (nSPS) is 15.8. The Morgan fingerprint density at radius 2 is 1.91 bits per heavy atom. The predicted molar refractivity (Wildman–Crippen MR) is 133 cm³/mol. The molecule has 170 valence electrons. The van der Waals surface area contributed by atoms with Crippen LogP contribution in [0.3, 0.4) is 0 Å². The van der Waals surface area contributed by atoms with Gasteiger partial charge in [0, 0.05) is 32.2 Å². The minimum Gasteiger partial charge on any atom is -0.353 e. The van der Waals surface area contributed by atoms with Crippen LogP contribution >= 0.6 is 11.3 Å². The van der Waals surface area contributed by atoms with Crippen LogP contribution in [0.5, 0.6) is 0 Å². The molecule has 2 aromatic heterocycles. The Balaban J connectivity index is 1.46. The highest BCUT2D eigenvalue weighted by molar-refractivity contribution is 7.20. The number of aromatic nitrogens is 2. The Morgan fingerprint density at radius 1 is 1.16 bits per heavy atom. The monoisotopic (exact) mass is 451 g/mol. The molecule has 3 heterocycles. The molecule has 0 aliphatic carbocycles. The molecule has 7 heteroatoms. The maximum atomic E-state index is 13.1. The fourth-order valence-electron chi connectivity index (χ4n) is 4.40. The maximum Gasteiger partial charge on any atom is 0.261 e. The van der Waals surface area contributed by atoms with Crippen LogP contribution in [-0.4, -0.2) is 59.5 Å². The third-order valence-corrected chi connectivity index (χ3v) is 7.41. The summed E-state index contributed by atoms with van der Waals surface area (Å²) in [7, 11) is 0. The molecule has 1 atom stereocenters. The molecule has 1 amide bonds. The lowest BCUT2D eigenvalue weighted by Gasteiger charge is -2.35. The summed E-state index contributed by atoms with van der Waals surface area (Å²) in [5, 5.41) is 4.22. The molecule has 1 aromatic carbocycles. The van der Waals surface area contributed by atoms with Gasteiger partial charge in [-0.15, -0.1) is 11.3 Å². The molecule has 0 radical (unpaired) electrons. The van der Waals surface area contributed by atoms with E-state index in [-0.39, 0.29) is 11.9 Å². The van der Waals surface area contributed by atoms with Gasteiger partial charge in [-0.25, -0.2) is 9.97 Å². The van der Waals surface area contributed by atoms with Crippen molar-refractivity contribution in [3.63, 3.8) is 0 Å². The molecule has 0 spiro atoms. The van der Waals surface area contributed by atoms with Gasteiger partial charge in [0.1, 0.15) is 17.0 Å². The smallest absolute Gasteiger partial charge is 0.261 e. The van der Waals surface area contributed by atoms with E-state index in [1.807, 2.05) is 13.0 Å². The second-order valence-corrected chi connectivity index (χ2v) is 9.66. The molecule has 0 saturated carbocycles. The van der Waals surface area contributed by atoms with E-state index in [1.165, 1.54) is 23.3 Å². The molecule has 3 aromatic rings. The number of hydrogen-bond donors (Lipinski definition) is 1. The fourth-order valence-corrected chi connectivity index (χ4v) is 5.44. The highest BCUT2D eigenvalue weighted by atomic mass is 32.1. The maximum absolute atomic E-state index is 13.1. The summed E-state index contributed by atoms with van der Waals surface area (Å²) >= 11 is 1.48. The third kappa shape index (κ3) is 5.10. The van der Waals surface area contributed by atoms with Crippen molar-refractivity contribution in [2.24, 2.45) is 0 Å². The van der Waals surface area contributed by atoms with Crippen molar-refractivity contribution < 1.29 is 4.79 Å². The SMILES string of the molecule is CCCN1CCN(c2ncnc3sc(C(=O)NC(C)CCc4ccccc4)c(C)c23)CC1. The van der Waals surface area contributed by atoms with Gasteiger partial charge in [-0.2, -0.15) is 0 Å². The van der Waals surface area contributed by atoms with Gasteiger partial charge in [-0.3, -0.25) is 9.69 Å². The molecule has 1 unspecified atom stereocenters. The highest BCUT2D eigenvalue weighted by Crippen LogP contribution is 2.35. The van der Waals surface area contributed by atoms with Crippen LogP contribution in [0.25, 0.3) is 10.2 Å². The molecular weight excluding hydrogens is 418 g/mol. The number of carbonyl (C=O) groups excluding carboxylic acids is 1. The van der Waals surface area contributed by atoms with Crippen molar-refractivity contribution >= 4 is 33.3 Å². The number of benzene rings is 1. The van der Waals surface area contributed by atoms with Crippen LogP contribution in [0.1, 0.15) is 47.5 Å². The number of nitrogens with zero attached hydrogens (tertiary/aromatic N) is 4. The number of aryl methyl sites for hydroxylation is 2. The minimum absolute atomic E-state index is 0.00947. The van der Waals surface area contributed by atoms with Crippen molar-refractivity contribution in [3.05, 3.63) is 52.7 Å². The zero-order valence-electron chi connectivity index (χ0n) is 19.3. The predicted octanol–water partition coefficient (Wildman–Crippen LogP) is 4.28. The van der Waals surface area contributed by atoms with E-state index < -0.39 is 0 Å². The number of hydrogen-bond acceptors (Lipinski definition) is 6. The first-order valence-electron chi connectivity index (χ1n) is 11.6. The Morgan fingerprint density at radius 3 is 2.62 bits per heavy atom. The number of fused-ring (bicyclic) bond motifs is 1. The molecule has 32 heavy (non-hydrogen) atoms. The van der Waals surface area contributed by atoms with Gasteiger partial charge in [-0.1, -0.05) is 37.3 Å². The number of thiophene rings is 1. The molecule has 1 aliphatic heterocycles. The lowest BCUT2D eigenvalue weighted by molar-refractivity contribution is 0.0942. The van der Waals surface area contributed by atoms with Gasteiger partial charge >= 0.3 is 0 Å². The van der Waals surface area contributed by atoms with Crippen LogP contribution in [0.15, 0.2) is 36.7 Å². The molecule has 4 rings (SSSR count). The summed E-state index contributed by atoms with van der Waals surface area (Å²) in [5.41, 5.74) is 2.29. The van der Waals surface area contributed by atoms with Crippen LogP contribution in [0.2, 0.25) is 0 Å². The van der Waals surface area contributed by atoms with E-state index in [2.05, 4.69) is 63.2 Å². The first kappa shape index (κ1) is 22.7. The van der Waals surface area contributed by atoms with Crippen molar-refractivity contribution in [1.29, 1.82) is 0 Å². The van der Waals surface area contributed by atoms with E-state index in [9.17, 15) is 4.79 Å². The minimum atomic E-state index is -0.00947. The molecule has 1 aliphatic rings. The lowest BCUT2D eigenvalue weighted by atomic mass is 10.1. The van der Waals surface area contributed by atoms with Gasteiger partial charge in [0.15, 0.2) is 0 Å². The largest absolute Gasteiger partial charge is 0.353 e. The highest BCUT2D eigenvalue weighted by Gasteiger charge is 2.24. The number of rotatable bonds is 8. The Bertz CT molecular complexity index is 1040. The summed E-state index contributed by atoms with van der Waals surface area (Å²) in [5.74, 6) is 0.959. The summed E-state index contributed by atoms with van der Waals surface area (Å²) in [4.78, 5) is 28.7. The van der Waals surface area contributed by atoms with Gasteiger partial charge in [0.25, 0.3) is 5.91 Å². The summed E-state index contributed by atoms with van der Waals surface area (Å²) < 4.78 is 0. The standard InChI is InChI=1S/C25H33N5OS/c1-4-12-29-13-15-30(16-14-29)23-21-19(3)22(32-25(21)27-17-26-23)24(31)28-18(2)10-11-20-8-6-5-7-9-20/h5-9,17-18H,4,10-16H2,1-3H3,(H,28,31). The molecule has 0 bridgehead atoms. The number of carbonyl (C=O) groups is 1. The topological polar surface area (TPSA) is 61.4 Å². The van der Waals surface area contributed by atoms with Gasteiger partial charge in [-0.05, 0) is 50.8 Å². The second kappa shape index (κ2) is 10.4. The average molecular weight is 452 g/mol. The van der Waals surface area contributed by atoms with E-state index in [0.717, 1.165) is 72.0 Å². The van der Waals surface area contributed by atoms with Crippen molar-refractivity contribution in [1.82, 2.24) is 20.2 Å². The van der Waals surface area contributed by atoms with E-state index in [4.69, 9.17) is 0 Å². The van der Waals surface area contributed by atoms with Crippen LogP contribution in [0.4, 0.5) is 5.82 Å². The zero-order chi connectivity index (χ0) is 22.5. The summed E-state index contributed by atoms with van der Waals surface area (Å²) in [6, 6.07) is 10.5. The number of anilines is 1. The van der Waals surface area contributed by atoms with Gasteiger partial charge in [0.05, 0.1) is 10.3 Å². The van der Waals surface area contributed by atoms with E-state index in [1.54, 1.807) is 6.33 Å². The zero-order valence-corrected chi connectivity index (χ0v) is 20.1. The van der Waals surface area contributed by atoms with Gasteiger partial charge < -0.3 is 10.2 Å². The van der Waals surface area contributed by atoms with Crippen molar-refractivity contribution in [3.8, 4) is 0 Å². The molecule has 1 fully saturated rings. The molecule has 1 saturated heterocycles. The Hall–Kier alpha value is -2.51. The quantitative estimate of drug-likeness (QED) is 0.554. The Kier molecular flexibility index (Phi) is 7.37. The number of amides is 1.